The monoisotopic (exact) mass is 173 g/mol. The molecule has 0 saturated carbocycles. The van der Waals surface area contributed by atoms with E-state index in [9.17, 15) is 0 Å². The molecule has 64 valence electrons. The van der Waals surface area contributed by atoms with E-state index in [4.69, 9.17) is 9.68 Å². The summed E-state index contributed by atoms with van der Waals surface area (Å²) in [4.78, 5) is 7.11. The number of rotatable bonds is 1. The highest BCUT2D eigenvalue weighted by Gasteiger charge is 2.06. The van der Waals surface area contributed by atoms with Crippen LogP contribution in [0.3, 0.4) is 0 Å². The summed E-state index contributed by atoms with van der Waals surface area (Å²) in [7, 11) is 0. The van der Waals surface area contributed by atoms with E-state index in [-0.39, 0.29) is 0 Å². The van der Waals surface area contributed by atoms with Gasteiger partial charge in [0.2, 0.25) is 5.76 Å². The molecule has 0 spiro atoms. The Hall–Kier alpha value is -2.02. The van der Waals surface area contributed by atoms with Gasteiger partial charge in [-0.25, -0.2) is 4.98 Å². The van der Waals surface area contributed by atoms with Gasteiger partial charge in [-0.05, 0) is 19.1 Å². The standard InChI is InChI=1S/C9H7N3O/c1-6-5-11-9(12-6)8-3-2-7(4-10)13-8/h2-3,5H,1H3,(H,11,12). The molecule has 2 rings (SSSR count). The average molecular weight is 173 g/mol. The second-order valence-electron chi connectivity index (χ2n) is 2.67. The molecule has 0 bridgehead atoms. The molecule has 0 saturated heterocycles. The second kappa shape index (κ2) is 2.79. The Balaban J connectivity index is 2.42. The lowest BCUT2D eigenvalue weighted by molar-refractivity contribution is 0.563. The van der Waals surface area contributed by atoms with Crippen molar-refractivity contribution in [2.24, 2.45) is 0 Å². The maximum absolute atomic E-state index is 8.53. The van der Waals surface area contributed by atoms with E-state index in [0.29, 0.717) is 17.3 Å². The largest absolute Gasteiger partial charge is 0.442 e. The van der Waals surface area contributed by atoms with Crippen molar-refractivity contribution >= 4 is 0 Å². The van der Waals surface area contributed by atoms with Gasteiger partial charge in [0.25, 0.3) is 0 Å². The number of aromatic amines is 1. The number of imidazole rings is 1. The molecular formula is C9H7N3O. The topological polar surface area (TPSA) is 65.6 Å². The number of nitriles is 1. The highest BCUT2D eigenvalue weighted by atomic mass is 16.3. The van der Waals surface area contributed by atoms with E-state index >= 15 is 0 Å². The molecule has 2 aromatic heterocycles. The van der Waals surface area contributed by atoms with E-state index in [2.05, 4.69) is 9.97 Å². The van der Waals surface area contributed by atoms with Crippen molar-refractivity contribution < 1.29 is 4.42 Å². The fourth-order valence-electron chi connectivity index (χ4n) is 1.07. The minimum Gasteiger partial charge on any atom is -0.442 e. The van der Waals surface area contributed by atoms with Crippen molar-refractivity contribution in [1.82, 2.24) is 9.97 Å². The number of H-pyrrole nitrogens is 1. The number of aromatic nitrogens is 2. The number of nitrogens with zero attached hydrogens (tertiary/aromatic N) is 2. The molecule has 0 fully saturated rings. The zero-order valence-electron chi connectivity index (χ0n) is 7.03. The predicted octanol–water partition coefficient (Wildman–Crippen LogP) is 1.85. The van der Waals surface area contributed by atoms with E-state index in [0.717, 1.165) is 5.69 Å². The normalized spacial score (nSPS) is 9.85. The molecule has 1 N–H and O–H groups in total. The Morgan fingerprint density at radius 2 is 2.38 bits per heavy atom. The highest BCUT2D eigenvalue weighted by molar-refractivity contribution is 5.48. The van der Waals surface area contributed by atoms with Gasteiger partial charge >= 0.3 is 0 Å². The minimum absolute atomic E-state index is 0.295. The molecule has 4 nitrogen and oxygen atoms in total. The third-order valence-corrected chi connectivity index (χ3v) is 1.66. The zero-order chi connectivity index (χ0) is 9.26. The van der Waals surface area contributed by atoms with Crippen LogP contribution in [0.15, 0.2) is 22.7 Å². The van der Waals surface area contributed by atoms with E-state index in [1.54, 1.807) is 18.3 Å². The quantitative estimate of drug-likeness (QED) is 0.715. The van der Waals surface area contributed by atoms with Crippen LogP contribution in [-0.4, -0.2) is 9.97 Å². The maximum atomic E-state index is 8.53. The van der Waals surface area contributed by atoms with Crippen LogP contribution in [0.5, 0.6) is 0 Å². The van der Waals surface area contributed by atoms with Gasteiger partial charge in [-0.15, -0.1) is 0 Å². The number of aryl methyl sites for hydroxylation is 1. The first-order valence-electron chi connectivity index (χ1n) is 3.82. The van der Waals surface area contributed by atoms with Crippen molar-refractivity contribution in [2.45, 2.75) is 6.92 Å². The molecule has 13 heavy (non-hydrogen) atoms. The van der Waals surface area contributed by atoms with Crippen molar-refractivity contribution in [3.8, 4) is 17.7 Å². The van der Waals surface area contributed by atoms with Gasteiger partial charge in [-0.2, -0.15) is 5.26 Å². The number of hydrogen-bond acceptors (Lipinski definition) is 3. The Morgan fingerprint density at radius 1 is 1.54 bits per heavy atom. The second-order valence-corrected chi connectivity index (χ2v) is 2.67. The van der Waals surface area contributed by atoms with Crippen molar-refractivity contribution in [2.75, 3.05) is 0 Å². The molecule has 4 heteroatoms. The van der Waals surface area contributed by atoms with Gasteiger partial charge in [-0.3, -0.25) is 0 Å². The van der Waals surface area contributed by atoms with E-state index in [1.165, 1.54) is 0 Å². The molecular weight excluding hydrogens is 166 g/mol. The van der Waals surface area contributed by atoms with Gasteiger partial charge in [-0.1, -0.05) is 0 Å². The molecule has 0 aliphatic carbocycles. The Kier molecular flexibility index (Phi) is 1.64. The molecule has 0 unspecified atom stereocenters. The van der Waals surface area contributed by atoms with Crippen molar-refractivity contribution in [3.63, 3.8) is 0 Å². The van der Waals surface area contributed by atoms with Crippen LogP contribution in [0.2, 0.25) is 0 Å². The van der Waals surface area contributed by atoms with Crippen LogP contribution in [0.4, 0.5) is 0 Å². The summed E-state index contributed by atoms with van der Waals surface area (Å²) in [6.45, 7) is 1.88. The highest BCUT2D eigenvalue weighted by Crippen LogP contribution is 2.18. The summed E-state index contributed by atoms with van der Waals surface area (Å²) in [5.74, 6) is 1.53. The lowest BCUT2D eigenvalue weighted by Gasteiger charge is -1.86. The zero-order valence-corrected chi connectivity index (χ0v) is 7.03. The van der Waals surface area contributed by atoms with Gasteiger partial charge in [0.15, 0.2) is 11.6 Å². The van der Waals surface area contributed by atoms with E-state index in [1.807, 2.05) is 13.0 Å². The molecule has 2 aromatic rings. The van der Waals surface area contributed by atoms with Crippen LogP contribution in [0, 0.1) is 18.3 Å². The van der Waals surface area contributed by atoms with Crippen LogP contribution in [0.1, 0.15) is 11.5 Å². The van der Waals surface area contributed by atoms with Gasteiger partial charge in [0, 0.05) is 6.20 Å². The van der Waals surface area contributed by atoms with Crippen LogP contribution in [-0.2, 0) is 0 Å². The molecule has 0 aromatic carbocycles. The fraction of sp³-hybridized carbons (Fsp3) is 0.111. The summed E-state index contributed by atoms with van der Waals surface area (Å²) < 4.78 is 5.18. The first kappa shape index (κ1) is 7.62. The van der Waals surface area contributed by atoms with Crippen LogP contribution < -0.4 is 0 Å². The summed E-state index contributed by atoms with van der Waals surface area (Å²) in [6.07, 6.45) is 1.78. The average Bonchev–Trinajstić information content (AvgIpc) is 2.71. The molecule has 2 heterocycles. The summed E-state index contributed by atoms with van der Waals surface area (Å²) in [5.41, 5.74) is 0.893. The fourth-order valence-corrected chi connectivity index (χ4v) is 1.07. The molecule has 0 amide bonds. The maximum Gasteiger partial charge on any atom is 0.204 e. The SMILES string of the molecule is Cc1c[nH]c(-c2ccc(C#N)o2)n1. The van der Waals surface area contributed by atoms with Crippen molar-refractivity contribution in [1.29, 1.82) is 5.26 Å². The lowest BCUT2D eigenvalue weighted by atomic mass is 10.4. The molecule has 0 radical (unpaired) electrons. The van der Waals surface area contributed by atoms with Gasteiger partial charge in [0.05, 0.1) is 5.69 Å². The summed E-state index contributed by atoms with van der Waals surface area (Å²) in [6, 6.07) is 5.25. The molecule has 0 aliphatic heterocycles. The van der Waals surface area contributed by atoms with Gasteiger partial charge < -0.3 is 9.40 Å². The Morgan fingerprint density at radius 3 is 2.92 bits per heavy atom. The minimum atomic E-state index is 0.295. The molecule has 0 atom stereocenters. The first-order valence-corrected chi connectivity index (χ1v) is 3.82. The van der Waals surface area contributed by atoms with E-state index < -0.39 is 0 Å². The third-order valence-electron chi connectivity index (χ3n) is 1.66. The smallest absolute Gasteiger partial charge is 0.204 e. The number of hydrogen-bond donors (Lipinski definition) is 1. The third kappa shape index (κ3) is 1.32. The first-order chi connectivity index (χ1) is 6.29. The van der Waals surface area contributed by atoms with Crippen molar-refractivity contribution in [3.05, 3.63) is 29.8 Å². The predicted molar refractivity (Wildman–Crippen MR) is 45.7 cm³/mol. The lowest BCUT2D eigenvalue weighted by Crippen LogP contribution is -1.75. The Bertz CT molecular complexity index is 461. The Labute approximate surface area is 74.8 Å². The summed E-state index contributed by atoms with van der Waals surface area (Å²) in [5, 5.41) is 8.53. The number of furan rings is 1. The van der Waals surface area contributed by atoms with Crippen LogP contribution in [0.25, 0.3) is 11.6 Å². The van der Waals surface area contributed by atoms with Gasteiger partial charge in [0.1, 0.15) is 6.07 Å². The molecule has 0 aliphatic rings. The number of nitrogens with one attached hydrogen (secondary N) is 1. The van der Waals surface area contributed by atoms with Crippen LogP contribution >= 0.6 is 0 Å². The summed E-state index contributed by atoms with van der Waals surface area (Å²) >= 11 is 0.